The zero-order valence-corrected chi connectivity index (χ0v) is 33.2. The van der Waals surface area contributed by atoms with E-state index >= 15 is 0 Å². The maximum Gasteiger partial charge on any atom is 0.0346 e. The predicted octanol–water partition coefficient (Wildman–Crippen LogP) is 14.9. The fourth-order valence-corrected chi connectivity index (χ4v) is 8.23. The van der Waals surface area contributed by atoms with Crippen molar-refractivity contribution in [3.05, 3.63) is 243 Å². The first-order valence-corrected chi connectivity index (χ1v) is 20.5. The maximum absolute atomic E-state index is 4.33. The van der Waals surface area contributed by atoms with Crippen molar-refractivity contribution in [2.45, 2.75) is 0 Å². The van der Waals surface area contributed by atoms with Crippen molar-refractivity contribution in [2.75, 3.05) is 6.54 Å². The van der Waals surface area contributed by atoms with Crippen LogP contribution in [0.15, 0.2) is 237 Å². The molecule has 60 heavy (non-hydrogen) atoms. The van der Waals surface area contributed by atoms with E-state index in [1.807, 2.05) is 24.7 Å². The molecule has 9 aromatic rings. The fourth-order valence-electron chi connectivity index (χ4n) is 8.23. The van der Waals surface area contributed by atoms with E-state index in [4.69, 9.17) is 0 Å². The van der Waals surface area contributed by atoms with E-state index in [1.54, 1.807) is 0 Å². The summed E-state index contributed by atoms with van der Waals surface area (Å²) in [5, 5.41) is 3.26. The average molecular weight is 767 g/mol. The molecule has 0 amide bonds. The lowest BCUT2D eigenvalue weighted by Gasteiger charge is -2.14. The van der Waals surface area contributed by atoms with Crippen LogP contribution in [0.4, 0.5) is 0 Å². The topological polar surface area (TPSA) is 24.9 Å². The third kappa shape index (κ3) is 7.87. The quantitative estimate of drug-likeness (QED) is 0.158. The van der Waals surface area contributed by atoms with Crippen molar-refractivity contribution in [2.24, 2.45) is 0 Å². The van der Waals surface area contributed by atoms with E-state index in [0.717, 1.165) is 17.7 Å². The van der Waals surface area contributed by atoms with Crippen molar-refractivity contribution < 1.29 is 0 Å². The average Bonchev–Trinajstić information content (AvgIpc) is 3.35. The molecule has 8 aromatic carbocycles. The number of rotatable bonds is 9. The molecule has 1 aromatic heterocycles. The number of hydrogen-bond acceptors (Lipinski definition) is 2. The lowest BCUT2D eigenvalue weighted by molar-refractivity contribution is 0.976. The van der Waals surface area contributed by atoms with E-state index in [-0.39, 0.29) is 0 Å². The standard InChI is InChI=1S/C58H42N2/c1-2-11-41(12-3-1)56-37-57(53-23-8-20-50(35-53)47-17-5-15-45(32-47)44-14-4-13-43(31-44)42-26-29-59-30-27-42)39-58(38-56)54-24-9-21-51(36-54)48-18-6-16-46(33-48)49-19-7-22-52(34-49)55-25-10-28-60-40-55/h1-29,31-40,59H,30H2. The Hall–Kier alpha value is -7.81. The van der Waals surface area contributed by atoms with Crippen molar-refractivity contribution in [3.8, 4) is 89.0 Å². The van der Waals surface area contributed by atoms with Crippen LogP contribution in [0.1, 0.15) is 5.56 Å². The SMILES string of the molecule is C1=CC(c2cccc(-c3cccc(-c4cccc(-c5cc(-c6ccccc6)cc(-c6cccc(-c7cccc(-c8cccc(-c9cccnc9)c8)c7)c6)c5)c4)c3)c2)=CCN1. The summed E-state index contributed by atoms with van der Waals surface area (Å²) < 4.78 is 0. The van der Waals surface area contributed by atoms with Gasteiger partial charge in [-0.2, -0.15) is 0 Å². The van der Waals surface area contributed by atoms with Crippen molar-refractivity contribution in [1.29, 1.82) is 0 Å². The van der Waals surface area contributed by atoms with Crippen LogP contribution in [0.5, 0.6) is 0 Å². The van der Waals surface area contributed by atoms with E-state index < -0.39 is 0 Å². The molecule has 0 spiro atoms. The molecular weight excluding hydrogens is 725 g/mol. The van der Waals surface area contributed by atoms with E-state index in [0.29, 0.717) is 0 Å². The van der Waals surface area contributed by atoms with Crippen molar-refractivity contribution >= 4 is 5.57 Å². The first-order chi connectivity index (χ1) is 29.7. The monoisotopic (exact) mass is 766 g/mol. The number of pyridine rings is 1. The molecule has 0 fully saturated rings. The number of aromatic nitrogens is 1. The Morgan fingerprint density at radius 1 is 0.300 bits per heavy atom. The summed E-state index contributed by atoms with van der Waals surface area (Å²) in [6, 6.07) is 75.0. The summed E-state index contributed by atoms with van der Waals surface area (Å²) in [5.74, 6) is 0. The molecule has 0 saturated carbocycles. The molecular formula is C58H42N2. The molecule has 1 aliphatic heterocycles. The minimum absolute atomic E-state index is 0.850. The lowest BCUT2D eigenvalue weighted by atomic mass is 9.90. The van der Waals surface area contributed by atoms with Crippen LogP contribution >= 0.6 is 0 Å². The van der Waals surface area contributed by atoms with Crippen LogP contribution in [-0.2, 0) is 0 Å². The Morgan fingerprint density at radius 3 is 1.03 bits per heavy atom. The van der Waals surface area contributed by atoms with Gasteiger partial charge >= 0.3 is 0 Å². The Labute approximate surface area is 352 Å². The van der Waals surface area contributed by atoms with Gasteiger partial charge in [-0.15, -0.1) is 0 Å². The highest BCUT2D eigenvalue weighted by Gasteiger charge is 2.12. The Morgan fingerprint density at radius 2 is 0.633 bits per heavy atom. The Kier molecular flexibility index (Phi) is 10.1. The number of dihydropyridines is 1. The molecule has 0 bridgehead atoms. The number of nitrogens with one attached hydrogen (secondary N) is 1. The first-order valence-electron chi connectivity index (χ1n) is 20.5. The summed E-state index contributed by atoms with van der Waals surface area (Å²) >= 11 is 0. The molecule has 1 N–H and O–H groups in total. The number of nitrogens with zero attached hydrogens (tertiary/aromatic N) is 1. The zero-order chi connectivity index (χ0) is 40.1. The van der Waals surface area contributed by atoms with Crippen LogP contribution < -0.4 is 5.32 Å². The number of allylic oxidation sites excluding steroid dienone is 2. The second-order valence-corrected chi connectivity index (χ2v) is 15.3. The molecule has 0 unspecified atom stereocenters. The molecule has 10 rings (SSSR count). The lowest BCUT2D eigenvalue weighted by Crippen LogP contribution is -2.08. The van der Waals surface area contributed by atoms with Gasteiger partial charge in [-0.05, 0) is 168 Å². The largest absolute Gasteiger partial charge is 0.387 e. The molecule has 0 atom stereocenters. The highest BCUT2D eigenvalue weighted by atomic mass is 14.8. The highest BCUT2D eigenvalue weighted by molar-refractivity contribution is 5.86. The van der Waals surface area contributed by atoms with Crippen LogP contribution in [-0.4, -0.2) is 11.5 Å². The Bertz CT molecular complexity index is 3030. The van der Waals surface area contributed by atoms with Gasteiger partial charge in [0.15, 0.2) is 0 Å². The van der Waals surface area contributed by atoms with Gasteiger partial charge in [0.25, 0.3) is 0 Å². The van der Waals surface area contributed by atoms with E-state index in [9.17, 15) is 0 Å². The van der Waals surface area contributed by atoms with Gasteiger partial charge in [-0.3, -0.25) is 4.98 Å². The molecule has 2 nitrogen and oxygen atoms in total. The molecule has 0 saturated heterocycles. The normalized spacial score (nSPS) is 12.1. The van der Waals surface area contributed by atoms with Gasteiger partial charge in [0, 0.05) is 24.5 Å². The zero-order valence-electron chi connectivity index (χ0n) is 33.2. The molecule has 0 radical (unpaired) electrons. The minimum Gasteiger partial charge on any atom is -0.387 e. The molecule has 1 aliphatic rings. The van der Waals surface area contributed by atoms with Gasteiger partial charge in [-0.1, -0.05) is 152 Å². The van der Waals surface area contributed by atoms with E-state index in [1.165, 1.54) is 89.0 Å². The minimum atomic E-state index is 0.850. The van der Waals surface area contributed by atoms with Gasteiger partial charge in [0.2, 0.25) is 0 Å². The highest BCUT2D eigenvalue weighted by Crippen LogP contribution is 2.37. The second kappa shape index (κ2) is 16.6. The first kappa shape index (κ1) is 36.5. The van der Waals surface area contributed by atoms with Crippen LogP contribution in [0.3, 0.4) is 0 Å². The summed E-state index contributed by atoms with van der Waals surface area (Å²) in [7, 11) is 0. The summed E-state index contributed by atoms with van der Waals surface area (Å²) in [6.45, 7) is 0.850. The predicted molar refractivity (Wildman–Crippen MR) is 253 cm³/mol. The van der Waals surface area contributed by atoms with Crippen LogP contribution in [0.2, 0.25) is 0 Å². The third-order valence-electron chi connectivity index (χ3n) is 11.4. The van der Waals surface area contributed by atoms with Crippen molar-refractivity contribution in [1.82, 2.24) is 10.3 Å². The molecule has 0 aliphatic carbocycles. The summed E-state index contributed by atoms with van der Waals surface area (Å²) in [5.41, 5.74) is 21.4. The molecule has 2 heteroatoms. The smallest absolute Gasteiger partial charge is 0.0346 e. The number of hydrogen-bond donors (Lipinski definition) is 1. The third-order valence-corrected chi connectivity index (χ3v) is 11.4. The van der Waals surface area contributed by atoms with Crippen LogP contribution in [0, 0.1) is 0 Å². The van der Waals surface area contributed by atoms with Gasteiger partial charge in [0.05, 0.1) is 0 Å². The Balaban J connectivity index is 0.994. The van der Waals surface area contributed by atoms with Gasteiger partial charge < -0.3 is 5.32 Å². The van der Waals surface area contributed by atoms with Gasteiger partial charge in [-0.25, -0.2) is 0 Å². The fraction of sp³-hybridized carbons (Fsp3) is 0.0172. The number of benzene rings is 8. The van der Waals surface area contributed by atoms with E-state index in [2.05, 4.69) is 223 Å². The second-order valence-electron chi connectivity index (χ2n) is 15.3. The molecule has 2 heterocycles. The van der Waals surface area contributed by atoms with Crippen molar-refractivity contribution in [3.63, 3.8) is 0 Å². The maximum atomic E-state index is 4.33. The van der Waals surface area contributed by atoms with Crippen LogP contribution in [0.25, 0.3) is 94.6 Å². The van der Waals surface area contributed by atoms with Gasteiger partial charge in [0.1, 0.15) is 0 Å². The molecule has 284 valence electrons. The summed E-state index contributed by atoms with van der Waals surface area (Å²) in [4.78, 5) is 4.33. The summed E-state index contributed by atoms with van der Waals surface area (Å²) in [6.07, 6.45) is 10.1.